The summed E-state index contributed by atoms with van der Waals surface area (Å²) in [7, 11) is 0. The monoisotopic (exact) mass is 272 g/mol. The van der Waals surface area contributed by atoms with E-state index in [0.29, 0.717) is 6.42 Å². The molecule has 1 saturated carbocycles. The number of halogens is 3. The minimum atomic E-state index is -4.33. The van der Waals surface area contributed by atoms with E-state index < -0.39 is 12.8 Å². The average molecular weight is 272 g/mol. The van der Waals surface area contributed by atoms with Gasteiger partial charge in [0.2, 0.25) is 0 Å². The minimum absolute atomic E-state index is 0.0574. The highest BCUT2D eigenvalue weighted by molar-refractivity contribution is 5.89. The molecule has 2 atom stereocenters. The van der Waals surface area contributed by atoms with E-state index in [2.05, 4.69) is 4.74 Å². The van der Waals surface area contributed by atoms with Gasteiger partial charge in [0, 0.05) is 18.3 Å². The Morgan fingerprint density at radius 2 is 1.89 bits per heavy atom. The van der Waals surface area contributed by atoms with Crippen molar-refractivity contribution in [1.82, 2.24) is 0 Å². The van der Waals surface area contributed by atoms with Gasteiger partial charge >= 0.3 is 6.18 Å². The predicted octanol–water partition coefficient (Wildman–Crippen LogP) is 3.71. The van der Waals surface area contributed by atoms with Gasteiger partial charge < -0.3 is 4.74 Å². The van der Waals surface area contributed by atoms with E-state index in [0.717, 1.165) is 12.0 Å². The second-order valence-electron chi connectivity index (χ2n) is 4.76. The summed E-state index contributed by atoms with van der Waals surface area (Å²) in [6, 6.07) is 6.53. The molecule has 0 aliphatic heterocycles. The Balaban J connectivity index is 1.97. The van der Waals surface area contributed by atoms with Crippen LogP contribution in [0.4, 0.5) is 13.2 Å². The first-order valence-electron chi connectivity index (χ1n) is 6.23. The Kier molecular flexibility index (Phi) is 3.83. The lowest BCUT2D eigenvalue weighted by Gasteiger charge is -2.34. The van der Waals surface area contributed by atoms with Crippen LogP contribution in [-0.2, 0) is 4.79 Å². The van der Waals surface area contributed by atoms with Crippen molar-refractivity contribution in [2.75, 3.05) is 6.61 Å². The SMILES string of the molecule is CCC1C(=O)CC1c1ccc(OCC(F)(F)F)cc1. The number of ether oxygens (including phenoxy) is 1. The number of hydrogen-bond acceptors (Lipinski definition) is 2. The van der Waals surface area contributed by atoms with Crippen molar-refractivity contribution >= 4 is 5.78 Å². The zero-order chi connectivity index (χ0) is 14.0. The topological polar surface area (TPSA) is 26.3 Å². The number of Topliss-reactive ketones (excluding diaryl/α,β-unsaturated/α-hetero) is 1. The molecule has 1 aliphatic carbocycles. The molecule has 2 unspecified atom stereocenters. The predicted molar refractivity (Wildman–Crippen MR) is 64.1 cm³/mol. The maximum atomic E-state index is 12.0. The normalized spacial score (nSPS) is 23.1. The first-order valence-corrected chi connectivity index (χ1v) is 6.23. The molecule has 2 rings (SSSR count). The first kappa shape index (κ1) is 13.9. The lowest BCUT2D eigenvalue weighted by molar-refractivity contribution is -0.153. The molecule has 0 heterocycles. The molecule has 5 heteroatoms. The molecule has 1 fully saturated rings. The molecule has 0 spiro atoms. The van der Waals surface area contributed by atoms with Gasteiger partial charge in [-0.25, -0.2) is 0 Å². The molecular weight excluding hydrogens is 257 g/mol. The van der Waals surface area contributed by atoms with Gasteiger partial charge in [0.25, 0.3) is 0 Å². The Labute approximate surface area is 109 Å². The van der Waals surface area contributed by atoms with Crippen LogP contribution in [0.3, 0.4) is 0 Å². The van der Waals surface area contributed by atoms with E-state index in [1.807, 2.05) is 6.92 Å². The van der Waals surface area contributed by atoms with Crippen molar-refractivity contribution in [3.63, 3.8) is 0 Å². The smallest absolute Gasteiger partial charge is 0.422 e. The standard InChI is InChI=1S/C14H15F3O2/c1-2-11-12(7-13(11)18)9-3-5-10(6-4-9)19-8-14(15,16)17/h3-6,11-12H,2,7-8H2,1H3. The molecule has 0 aromatic heterocycles. The summed E-state index contributed by atoms with van der Waals surface area (Å²) < 4.78 is 40.6. The molecule has 0 bridgehead atoms. The number of benzene rings is 1. The van der Waals surface area contributed by atoms with Crippen molar-refractivity contribution in [2.45, 2.75) is 31.9 Å². The van der Waals surface area contributed by atoms with Crippen LogP contribution in [0.1, 0.15) is 31.2 Å². The molecule has 1 aromatic rings. The first-order chi connectivity index (χ1) is 8.90. The van der Waals surface area contributed by atoms with E-state index >= 15 is 0 Å². The maximum Gasteiger partial charge on any atom is 0.422 e. The van der Waals surface area contributed by atoms with Crippen LogP contribution in [-0.4, -0.2) is 18.6 Å². The number of hydrogen-bond donors (Lipinski definition) is 0. The van der Waals surface area contributed by atoms with E-state index in [1.165, 1.54) is 12.1 Å². The van der Waals surface area contributed by atoms with Gasteiger partial charge in [-0.15, -0.1) is 0 Å². The number of ketones is 1. The van der Waals surface area contributed by atoms with Crippen molar-refractivity contribution in [3.8, 4) is 5.75 Å². The largest absolute Gasteiger partial charge is 0.484 e. The van der Waals surface area contributed by atoms with Crippen LogP contribution in [0.25, 0.3) is 0 Å². The quantitative estimate of drug-likeness (QED) is 0.835. The van der Waals surface area contributed by atoms with Crippen LogP contribution < -0.4 is 4.74 Å². The van der Waals surface area contributed by atoms with Crippen molar-refractivity contribution < 1.29 is 22.7 Å². The third-order valence-corrected chi connectivity index (χ3v) is 3.47. The molecule has 1 aliphatic rings. The molecule has 0 N–H and O–H groups in total. The van der Waals surface area contributed by atoms with E-state index in [9.17, 15) is 18.0 Å². The van der Waals surface area contributed by atoms with Gasteiger partial charge in [0.1, 0.15) is 11.5 Å². The third kappa shape index (κ3) is 3.28. The van der Waals surface area contributed by atoms with Gasteiger partial charge in [0.05, 0.1) is 0 Å². The fourth-order valence-corrected chi connectivity index (χ4v) is 2.41. The fourth-order valence-electron chi connectivity index (χ4n) is 2.41. The Bertz CT molecular complexity index is 451. The number of carbonyl (C=O) groups is 1. The molecule has 19 heavy (non-hydrogen) atoms. The zero-order valence-electron chi connectivity index (χ0n) is 10.5. The lowest BCUT2D eigenvalue weighted by atomic mass is 9.68. The van der Waals surface area contributed by atoms with Crippen LogP contribution >= 0.6 is 0 Å². The van der Waals surface area contributed by atoms with Gasteiger partial charge in [-0.05, 0) is 24.1 Å². The highest BCUT2D eigenvalue weighted by Crippen LogP contribution is 2.41. The second-order valence-corrected chi connectivity index (χ2v) is 4.76. The fraction of sp³-hybridized carbons (Fsp3) is 0.500. The Morgan fingerprint density at radius 1 is 1.26 bits per heavy atom. The Morgan fingerprint density at radius 3 is 2.37 bits per heavy atom. The van der Waals surface area contributed by atoms with Crippen molar-refractivity contribution in [3.05, 3.63) is 29.8 Å². The summed E-state index contributed by atoms with van der Waals surface area (Å²) in [6.45, 7) is 0.682. The number of alkyl halides is 3. The van der Waals surface area contributed by atoms with Gasteiger partial charge in [-0.1, -0.05) is 19.1 Å². The molecular formula is C14H15F3O2. The van der Waals surface area contributed by atoms with E-state index in [1.54, 1.807) is 12.1 Å². The van der Waals surface area contributed by atoms with Gasteiger partial charge in [0.15, 0.2) is 6.61 Å². The minimum Gasteiger partial charge on any atom is -0.484 e. The van der Waals surface area contributed by atoms with Crippen molar-refractivity contribution in [2.24, 2.45) is 5.92 Å². The number of rotatable bonds is 4. The summed E-state index contributed by atoms with van der Waals surface area (Å²) in [5.41, 5.74) is 0.991. The molecule has 0 saturated heterocycles. The van der Waals surface area contributed by atoms with Crippen LogP contribution in [0.2, 0.25) is 0 Å². The zero-order valence-corrected chi connectivity index (χ0v) is 10.5. The molecule has 2 nitrogen and oxygen atoms in total. The average Bonchev–Trinajstić information content (AvgIpc) is 2.34. The summed E-state index contributed by atoms with van der Waals surface area (Å²) in [6.07, 6.45) is -3.00. The highest BCUT2D eigenvalue weighted by atomic mass is 19.4. The highest BCUT2D eigenvalue weighted by Gasteiger charge is 2.38. The van der Waals surface area contributed by atoms with Gasteiger partial charge in [-0.3, -0.25) is 4.79 Å². The molecule has 0 radical (unpaired) electrons. The molecule has 1 aromatic carbocycles. The number of carbonyl (C=O) groups excluding carboxylic acids is 1. The van der Waals surface area contributed by atoms with Crippen LogP contribution in [0.5, 0.6) is 5.75 Å². The molecule has 104 valence electrons. The second kappa shape index (κ2) is 5.23. The van der Waals surface area contributed by atoms with Gasteiger partial charge in [-0.2, -0.15) is 13.2 Å². The van der Waals surface area contributed by atoms with E-state index in [4.69, 9.17) is 0 Å². The van der Waals surface area contributed by atoms with E-state index in [-0.39, 0.29) is 23.4 Å². The summed E-state index contributed by atoms with van der Waals surface area (Å²) in [5.74, 6) is 0.723. The summed E-state index contributed by atoms with van der Waals surface area (Å²) in [5, 5.41) is 0. The summed E-state index contributed by atoms with van der Waals surface area (Å²) >= 11 is 0. The molecule has 0 amide bonds. The maximum absolute atomic E-state index is 12.0. The lowest BCUT2D eigenvalue weighted by Crippen LogP contribution is -2.34. The van der Waals surface area contributed by atoms with Crippen LogP contribution in [0.15, 0.2) is 24.3 Å². The van der Waals surface area contributed by atoms with Crippen molar-refractivity contribution in [1.29, 1.82) is 0 Å². The van der Waals surface area contributed by atoms with Crippen LogP contribution in [0, 0.1) is 5.92 Å². The Hall–Kier alpha value is -1.52. The third-order valence-electron chi connectivity index (χ3n) is 3.47. The summed E-state index contributed by atoms with van der Waals surface area (Å²) in [4.78, 5) is 11.4.